The predicted molar refractivity (Wildman–Crippen MR) is 120 cm³/mol. The highest BCUT2D eigenvalue weighted by molar-refractivity contribution is 7.97. The van der Waals surface area contributed by atoms with Gasteiger partial charge in [0.1, 0.15) is 13.8 Å². The van der Waals surface area contributed by atoms with Crippen molar-refractivity contribution in [3.8, 4) is 0 Å². The summed E-state index contributed by atoms with van der Waals surface area (Å²) in [6.07, 6.45) is 0.788. The van der Waals surface area contributed by atoms with Crippen LogP contribution in [0.3, 0.4) is 0 Å². The smallest absolute Gasteiger partial charge is 0.219 e. The lowest BCUT2D eigenvalue weighted by Crippen LogP contribution is -2.34. The van der Waals surface area contributed by atoms with Gasteiger partial charge in [0.25, 0.3) is 0 Å². The zero-order valence-electron chi connectivity index (χ0n) is 16.3. The molecule has 0 saturated carbocycles. The molecule has 0 amide bonds. The van der Waals surface area contributed by atoms with Crippen molar-refractivity contribution in [3.63, 3.8) is 0 Å². The Balaban J connectivity index is 1.72. The summed E-state index contributed by atoms with van der Waals surface area (Å²) in [6, 6.07) is 8.17. The summed E-state index contributed by atoms with van der Waals surface area (Å²) in [4.78, 5) is 13.7. The van der Waals surface area contributed by atoms with E-state index in [2.05, 4.69) is 27.3 Å². The molecule has 4 rings (SSSR count). The van der Waals surface area contributed by atoms with Gasteiger partial charge in [0.15, 0.2) is 5.84 Å². The first-order chi connectivity index (χ1) is 14.1. The molecule has 0 bridgehead atoms. The minimum atomic E-state index is 0.258. The average molecular weight is 432 g/mol. The molecule has 2 aliphatic heterocycles. The third-order valence-electron chi connectivity index (χ3n) is 4.80. The fourth-order valence-corrected chi connectivity index (χ4v) is 4.86. The molecule has 0 aromatic heterocycles. The van der Waals surface area contributed by atoms with E-state index in [1.54, 1.807) is 19.1 Å². The van der Waals surface area contributed by atoms with Crippen molar-refractivity contribution < 1.29 is 9.57 Å². The van der Waals surface area contributed by atoms with Gasteiger partial charge in [-0.1, -0.05) is 35.0 Å². The first kappa shape index (κ1) is 20.0. The molecule has 0 spiro atoms. The topological polar surface area (TPSA) is 84.8 Å². The van der Waals surface area contributed by atoms with Gasteiger partial charge in [0.05, 0.1) is 23.9 Å². The van der Waals surface area contributed by atoms with Gasteiger partial charge < -0.3 is 15.3 Å². The summed E-state index contributed by atoms with van der Waals surface area (Å²) < 4.78 is 7.73. The van der Waals surface area contributed by atoms with E-state index in [1.165, 1.54) is 5.39 Å². The van der Waals surface area contributed by atoms with Gasteiger partial charge >= 0.3 is 0 Å². The van der Waals surface area contributed by atoms with Gasteiger partial charge in [-0.2, -0.15) is 4.99 Å². The van der Waals surface area contributed by atoms with E-state index in [4.69, 9.17) is 26.9 Å². The van der Waals surface area contributed by atoms with Gasteiger partial charge in [-0.25, -0.2) is 4.99 Å². The number of guanidine groups is 1. The number of amidine groups is 1. The number of aliphatic imine (C=N–C) groups is 2. The lowest BCUT2D eigenvalue weighted by atomic mass is 9.94. The van der Waals surface area contributed by atoms with E-state index >= 15 is 0 Å². The van der Waals surface area contributed by atoms with Crippen molar-refractivity contribution >= 4 is 51.8 Å². The van der Waals surface area contributed by atoms with Crippen LogP contribution in [0, 0.1) is 0 Å². The second-order valence-electron chi connectivity index (χ2n) is 6.79. The van der Waals surface area contributed by atoms with E-state index in [0.29, 0.717) is 24.9 Å². The molecule has 7 nitrogen and oxygen atoms in total. The number of halogens is 1. The molecule has 0 unspecified atom stereocenters. The van der Waals surface area contributed by atoms with E-state index in [9.17, 15) is 0 Å². The highest BCUT2D eigenvalue weighted by atomic mass is 35.5. The molecule has 0 radical (unpaired) electrons. The Morgan fingerprint density at radius 2 is 2.21 bits per heavy atom. The van der Waals surface area contributed by atoms with Gasteiger partial charge in [0.2, 0.25) is 5.96 Å². The quantitative estimate of drug-likeness (QED) is 0.425. The fraction of sp³-hybridized carbons (Fsp3) is 0.350. The van der Waals surface area contributed by atoms with E-state index in [-0.39, 0.29) is 5.96 Å². The summed E-state index contributed by atoms with van der Waals surface area (Å²) in [5.41, 5.74) is 10.0. The van der Waals surface area contributed by atoms with Crippen LogP contribution in [-0.4, -0.2) is 41.3 Å². The first-order valence-electron chi connectivity index (χ1n) is 9.25. The number of benzene rings is 2. The Morgan fingerprint density at radius 3 is 3.03 bits per heavy atom. The van der Waals surface area contributed by atoms with Crippen molar-refractivity contribution in [1.29, 1.82) is 0 Å². The summed E-state index contributed by atoms with van der Waals surface area (Å²) in [7, 11) is 1.55. The number of nitrogens with two attached hydrogens (primary N) is 1. The number of hydrogen-bond acceptors (Lipinski definition) is 8. The molecule has 9 heteroatoms. The summed E-state index contributed by atoms with van der Waals surface area (Å²) in [5, 5.41) is 6.84. The van der Waals surface area contributed by atoms with Crippen molar-refractivity contribution in [1.82, 2.24) is 4.31 Å². The van der Waals surface area contributed by atoms with Crippen LogP contribution < -0.4 is 5.73 Å². The normalized spacial score (nSPS) is 16.7. The van der Waals surface area contributed by atoms with E-state index in [0.717, 1.165) is 45.8 Å². The van der Waals surface area contributed by atoms with Gasteiger partial charge in [-0.05, 0) is 53.3 Å². The largest absolute Gasteiger partial charge is 0.399 e. The highest BCUT2D eigenvalue weighted by Gasteiger charge is 2.26. The maximum Gasteiger partial charge on any atom is 0.219 e. The molecule has 2 aliphatic rings. The summed E-state index contributed by atoms with van der Waals surface area (Å²) in [6.45, 7) is 3.51. The van der Waals surface area contributed by atoms with Crippen molar-refractivity contribution in [2.45, 2.75) is 26.6 Å². The van der Waals surface area contributed by atoms with Gasteiger partial charge in [0, 0.05) is 11.3 Å². The van der Waals surface area contributed by atoms with Crippen LogP contribution in [0.5, 0.6) is 0 Å². The second-order valence-corrected chi connectivity index (χ2v) is 8.30. The zero-order valence-corrected chi connectivity index (χ0v) is 17.9. The summed E-state index contributed by atoms with van der Waals surface area (Å²) in [5.74, 6) is 1.79. The lowest BCUT2D eigenvalue weighted by Gasteiger charge is -2.28. The highest BCUT2D eigenvalue weighted by Crippen LogP contribution is 2.37. The van der Waals surface area contributed by atoms with Gasteiger partial charge in [-0.3, -0.25) is 4.31 Å². The number of ether oxygens (including phenoxy) is 1. The standard InChI is InChI=1S/C20H22ClN5O2S/c1-12(25-27-2)6-7-29-26-11-23-20(22)24-19(26)18-15-5-3-4-13-9-28-10-14(17(13)15)8-16(18)21/h3-5,8H,6-7,9-11H2,1-2H3,(H2,22,23). The Labute approximate surface area is 178 Å². The molecule has 2 aromatic rings. The van der Waals surface area contributed by atoms with Gasteiger partial charge in [-0.15, -0.1) is 0 Å². The molecule has 2 aromatic carbocycles. The van der Waals surface area contributed by atoms with Crippen LogP contribution in [0.1, 0.15) is 30.0 Å². The third kappa shape index (κ3) is 4.05. The number of nitrogens with zero attached hydrogens (tertiary/aromatic N) is 4. The summed E-state index contributed by atoms with van der Waals surface area (Å²) >= 11 is 8.37. The number of rotatable bonds is 6. The number of hydrogen-bond donors (Lipinski definition) is 1. The maximum atomic E-state index is 6.75. The first-order valence-corrected chi connectivity index (χ1v) is 10.6. The molecule has 2 heterocycles. The van der Waals surface area contributed by atoms with Crippen LogP contribution in [0.25, 0.3) is 10.8 Å². The molecule has 0 atom stereocenters. The molecular formula is C20H22ClN5O2S. The van der Waals surface area contributed by atoms with Crippen molar-refractivity contribution in [2.24, 2.45) is 20.9 Å². The second kappa shape index (κ2) is 8.61. The Bertz CT molecular complexity index is 1040. The lowest BCUT2D eigenvalue weighted by molar-refractivity contribution is 0.103. The number of oxime groups is 1. The van der Waals surface area contributed by atoms with Crippen molar-refractivity contribution in [3.05, 3.63) is 46.0 Å². The zero-order chi connectivity index (χ0) is 20.4. The van der Waals surface area contributed by atoms with E-state index < -0.39 is 0 Å². The SMILES string of the molecule is CON=C(C)CCSN1CN=C(N)N=C1c1c(Cl)cc2c3c(cccc13)COC2. The molecule has 0 aliphatic carbocycles. The average Bonchev–Trinajstić information content (AvgIpc) is 2.70. The van der Waals surface area contributed by atoms with Crippen molar-refractivity contribution in [2.75, 3.05) is 19.5 Å². The molecule has 0 saturated heterocycles. The Morgan fingerprint density at radius 1 is 1.38 bits per heavy atom. The third-order valence-corrected chi connectivity index (χ3v) is 6.08. The van der Waals surface area contributed by atoms with Crippen LogP contribution in [0.2, 0.25) is 5.02 Å². The molecule has 2 N–H and O–H groups in total. The fourth-order valence-electron chi connectivity index (χ4n) is 3.54. The molecule has 0 fully saturated rings. The Hall–Kier alpha value is -2.29. The van der Waals surface area contributed by atoms with Crippen LogP contribution in [0.15, 0.2) is 39.4 Å². The minimum absolute atomic E-state index is 0.258. The minimum Gasteiger partial charge on any atom is -0.399 e. The van der Waals surface area contributed by atoms with E-state index in [1.807, 2.05) is 23.4 Å². The Kier molecular flexibility index (Phi) is 5.94. The molecular weight excluding hydrogens is 410 g/mol. The maximum absolute atomic E-state index is 6.75. The monoisotopic (exact) mass is 431 g/mol. The predicted octanol–water partition coefficient (Wildman–Crippen LogP) is 3.92. The molecule has 152 valence electrons. The van der Waals surface area contributed by atoms with Crippen LogP contribution in [-0.2, 0) is 22.8 Å². The van der Waals surface area contributed by atoms with Crippen LogP contribution >= 0.6 is 23.5 Å². The molecule has 29 heavy (non-hydrogen) atoms. The van der Waals surface area contributed by atoms with Crippen LogP contribution in [0.4, 0.5) is 0 Å².